The molecule has 2 aliphatic heterocycles. The average Bonchev–Trinajstić information content (AvgIpc) is 2.98. The minimum Gasteiger partial charge on any atom is -0.321 e. The summed E-state index contributed by atoms with van der Waals surface area (Å²) in [6, 6.07) is 14.1. The Morgan fingerprint density at radius 3 is 2.73 bits per heavy atom. The van der Waals surface area contributed by atoms with Gasteiger partial charge in [0.05, 0.1) is 11.3 Å². The fourth-order valence-corrected chi connectivity index (χ4v) is 4.78. The number of carbonyl (C=O) groups is 1. The number of fused-ring (bicyclic) bond motifs is 2. The van der Waals surface area contributed by atoms with Crippen molar-refractivity contribution in [3.63, 3.8) is 0 Å². The summed E-state index contributed by atoms with van der Waals surface area (Å²) in [5, 5.41) is 3.05. The van der Waals surface area contributed by atoms with Gasteiger partial charge < -0.3 is 5.32 Å². The van der Waals surface area contributed by atoms with Crippen molar-refractivity contribution in [2.24, 2.45) is 0 Å². The Bertz CT molecular complexity index is 726. The Morgan fingerprint density at radius 2 is 1.86 bits per heavy atom. The summed E-state index contributed by atoms with van der Waals surface area (Å²) in [6.45, 7) is 2.29. The molecule has 2 aliphatic rings. The Morgan fingerprint density at radius 1 is 1.05 bits per heavy atom. The van der Waals surface area contributed by atoms with Crippen LogP contribution in [0.5, 0.6) is 0 Å². The molecular weight excluding hydrogens is 312 g/mol. The molecule has 112 valence electrons. The van der Waals surface area contributed by atoms with E-state index in [4.69, 9.17) is 0 Å². The van der Waals surface area contributed by atoms with Gasteiger partial charge in [-0.15, -0.1) is 0 Å². The highest BCUT2D eigenvalue weighted by molar-refractivity contribution is 7.99. The van der Waals surface area contributed by atoms with Crippen molar-refractivity contribution in [1.29, 1.82) is 0 Å². The summed E-state index contributed by atoms with van der Waals surface area (Å²) in [6.07, 6.45) is 2.56. The van der Waals surface area contributed by atoms with E-state index in [9.17, 15) is 4.79 Å². The predicted octanol–water partition coefficient (Wildman–Crippen LogP) is 4.51. The van der Waals surface area contributed by atoms with Crippen LogP contribution in [0.4, 0.5) is 5.69 Å². The van der Waals surface area contributed by atoms with Crippen molar-refractivity contribution in [2.75, 3.05) is 18.4 Å². The molecule has 4 rings (SSSR count). The van der Waals surface area contributed by atoms with Crippen LogP contribution < -0.4 is 5.32 Å². The molecule has 0 aliphatic carbocycles. The van der Waals surface area contributed by atoms with Crippen LogP contribution in [0.3, 0.4) is 0 Å². The number of carbonyl (C=O) groups excluding carboxylic acids is 1. The highest BCUT2D eigenvalue weighted by Crippen LogP contribution is 2.40. The van der Waals surface area contributed by atoms with Crippen LogP contribution in [-0.2, 0) is 0 Å². The molecule has 0 spiro atoms. The minimum absolute atomic E-state index is 0.0230. The molecule has 3 nitrogen and oxygen atoms in total. The van der Waals surface area contributed by atoms with Gasteiger partial charge in [0.2, 0.25) is 0 Å². The fraction of sp³-hybridized carbons (Fsp3) is 0.235. The first kappa shape index (κ1) is 14.2. The van der Waals surface area contributed by atoms with Gasteiger partial charge in [-0.3, -0.25) is 4.79 Å². The van der Waals surface area contributed by atoms with Gasteiger partial charge in [-0.05, 0) is 55.1 Å². The van der Waals surface area contributed by atoms with Crippen LogP contribution in [0, 0.1) is 0 Å². The molecule has 2 aromatic carbocycles. The van der Waals surface area contributed by atoms with Gasteiger partial charge in [0.1, 0.15) is 0 Å². The van der Waals surface area contributed by atoms with Crippen molar-refractivity contribution < 1.29 is 4.79 Å². The number of hydrogen-bond donors (Lipinski definition) is 1. The number of anilines is 1. The number of nitrogens with zero attached hydrogens (tertiary/aromatic N) is 1. The van der Waals surface area contributed by atoms with E-state index in [0.29, 0.717) is 0 Å². The highest BCUT2D eigenvalue weighted by atomic mass is 32.2. The van der Waals surface area contributed by atoms with E-state index in [1.165, 1.54) is 17.7 Å². The smallest absolute Gasteiger partial charge is 0.256 e. The summed E-state index contributed by atoms with van der Waals surface area (Å²) in [5.41, 5.74) is 1.66. The molecule has 0 radical (unpaired) electrons. The van der Waals surface area contributed by atoms with Crippen molar-refractivity contribution in [1.82, 2.24) is 4.31 Å². The number of amides is 1. The summed E-state index contributed by atoms with van der Waals surface area (Å²) in [4.78, 5) is 15.7. The first-order chi connectivity index (χ1) is 10.8. The minimum atomic E-state index is -0.0230. The van der Waals surface area contributed by atoms with Gasteiger partial charge >= 0.3 is 0 Å². The summed E-state index contributed by atoms with van der Waals surface area (Å²) in [5.74, 6) is -0.0230. The van der Waals surface area contributed by atoms with Gasteiger partial charge in [-0.25, -0.2) is 4.31 Å². The molecule has 5 heteroatoms. The molecule has 1 fully saturated rings. The monoisotopic (exact) mass is 328 g/mol. The van der Waals surface area contributed by atoms with E-state index in [-0.39, 0.29) is 5.91 Å². The second-order valence-corrected chi connectivity index (χ2v) is 7.69. The van der Waals surface area contributed by atoms with Gasteiger partial charge in [-0.2, -0.15) is 0 Å². The van der Waals surface area contributed by atoms with Crippen molar-refractivity contribution in [3.8, 4) is 0 Å². The molecule has 2 heterocycles. The lowest BCUT2D eigenvalue weighted by Gasteiger charge is -2.14. The maximum atomic E-state index is 12.4. The van der Waals surface area contributed by atoms with Crippen LogP contribution in [0.15, 0.2) is 57.2 Å². The number of benzene rings is 2. The number of hydrogen-bond acceptors (Lipinski definition) is 4. The normalized spacial score (nSPS) is 17.5. The largest absolute Gasteiger partial charge is 0.321 e. The Kier molecular flexibility index (Phi) is 3.86. The Hall–Kier alpha value is -1.43. The maximum Gasteiger partial charge on any atom is 0.256 e. The molecule has 1 N–H and O–H groups in total. The first-order valence-electron chi connectivity index (χ1n) is 7.45. The topological polar surface area (TPSA) is 32.3 Å². The summed E-state index contributed by atoms with van der Waals surface area (Å²) in [7, 11) is 0. The summed E-state index contributed by atoms with van der Waals surface area (Å²) >= 11 is 3.44. The Labute approximate surface area is 138 Å². The highest BCUT2D eigenvalue weighted by Gasteiger charge is 2.20. The second-order valence-electron chi connectivity index (χ2n) is 5.44. The molecule has 0 saturated carbocycles. The van der Waals surface area contributed by atoms with E-state index in [1.54, 1.807) is 23.7 Å². The molecule has 0 aromatic heterocycles. The first-order valence-corrected chi connectivity index (χ1v) is 9.04. The van der Waals surface area contributed by atoms with E-state index in [1.807, 2.05) is 24.3 Å². The van der Waals surface area contributed by atoms with Crippen LogP contribution >= 0.6 is 23.7 Å². The van der Waals surface area contributed by atoms with E-state index < -0.39 is 0 Å². The molecule has 2 aromatic rings. The third-order valence-corrected chi connectivity index (χ3v) is 6.09. The SMILES string of the molecule is O=C1Nc2cc(SN3CCCC3)ccc2Sc2ccccc21. The lowest BCUT2D eigenvalue weighted by Crippen LogP contribution is -2.12. The quantitative estimate of drug-likeness (QED) is 0.822. The third-order valence-electron chi connectivity index (χ3n) is 3.85. The van der Waals surface area contributed by atoms with E-state index >= 15 is 0 Å². The van der Waals surface area contributed by atoms with Gasteiger partial charge in [0.15, 0.2) is 0 Å². The van der Waals surface area contributed by atoms with Crippen molar-refractivity contribution in [2.45, 2.75) is 27.5 Å². The molecule has 1 amide bonds. The molecule has 0 unspecified atom stereocenters. The standard InChI is InChI=1S/C17H16N2OS2/c20-17-13-5-1-2-6-15(13)21-16-8-7-12(11-14(16)18-17)22-19-9-3-4-10-19/h1-2,5-8,11H,3-4,9-10H2,(H,18,20). The summed E-state index contributed by atoms with van der Waals surface area (Å²) < 4.78 is 2.39. The van der Waals surface area contributed by atoms with Gasteiger partial charge in [0.25, 0.3) is 5.91 Å². The lowest BCUT2D eigenvalue weighted by atomic mass is 10.2. The average molecular weight is 328 g/mol. The molecule has 0 atom stereocenters. The van der Waals surface area contributed by atoms with E-state index in [2.05, 4.69) is 27.8 Å². The zero-order valence-electron chi connectivity index (χ0n) is 12.0. The predicted molar refractivity (Wildman–Crippen MR) is 91.6 cm³/mol. The second kappa shape index (κ2) is 5.99. The van der Waals surface area contributed by atoms with Crippen LogP contribution in [-0.4, -0.2) is 23.3 Å². The zero-order valence-corrected chi connectivity index (χ0v) is 13.7. The molecular formula is C17H16N2OS2. The fourth-order valence-electron chi connectivity index (χ4n) is 2.73. The van der Waals surface area contributed by atoms with Crippen molar-refractivity contribution in [3.05, 3.63) is 48.0 Å². The van der Waals surface area contributed by atoms with Gasteiger partial charge in [0, 0.05) is 27.8 Å². The van der Waals surface area contributed by atoms with Crippen LogP contribution in [0.25, 0.3) is 0 Å². The number of rotatable bonds is 2. The maximum absolute atomic E-state index is 12.4. The Balaban J connectivity index is 1.64. The van der Waals surface area contributed by atoms with Crippen LogP contribution in [0.1, 0.15) is 23.2 Å². The lowest BCUT2D eigenvalue weighted by molar-refractivity contribution is 0.102. The molecule has 1 saturated heterocycles. The van der Waals surface area contributed by atoms with Gasteiger partial charge in [-0.1, -0.05) is 23.9 Å². The van der Waals surface area contributed by atoms with Crippen molar-refractivity contribution >= 4 is 35.3 Å². The molecule has 22 heavy (non-hydrogen) atoms. The zero-order chi connectivity index (χ0) is 14.9. The van der Waals surface area contributed by atoms with Crippen LogP contribution in [0.2, 0.25) is 0 Å². The molecule has 0 bridgehead atoms. The number of nitrogens with one attached hydrogen (secondary N) is 1. The third kappa shape index (κ3) is 2.76. The van der Waals surface area contributed by atoms with E-state index in [0.717, 1.165) is 34.1 Å².